The van der Waals surface area contributed by atoms with Crippen molar-refractivity contribution >= 4 is 17.5 Å². The number of hydrogen-bond acceptors (Lipinski definition) is 2. The van der Waals surface area contributed by atoms with Gasteiger partial charge in [-0.2, -0.15) is 0 Å². The van der Waals surface area contributed by atoms with Crippen molar-refractivity contribution in [2.24, 2.45) is 0 Å². The number of anilines is 1. The van der Waals surface area contributed by atoms with E-state index in [1.807, 2.05) is 9.80 Å². The predicted octanol–water partition coefficient (Wildman–Crippen LogP) is 4.09. The highest BCUT2D eigenvalue weighted by atomic mass is 16.2. The molecule has 0 N–H and O–H groups in total. The molecule has 1 atom stereocenters. The highest BCUT2D eigenvalue weighted by molar-refractivity contribution is 6.10. The minimum atomic E-state index is -0.308. The zero-order chi connectivity index (χ0) is 18.6. The summed E-state index contributed by atoms with van der Waals surface area (Å²) < 4.78 is 0. The number of nitrogens with zero attached hydrogens (tertiary/aromatic N) is 2. The summed E-state index contributed by atoms with van der Waals surface area (Å²) in [5.41, 5.74) is 3.28. The first-order chi connectivity index (χ1) is 13.1. The lowest BCUT2D eigenvalue weighted by molar-refractivity contribution is -0.146. The molecular weight excluding hydrogens is 336 g/mol. The van der Waals surface area contributed by atoms with E-state index in [1.54, 1.807) is 0 Å². The van der Waals surface area contributed by atoms with Gasteiger partial charge >= 0.3 is 0 Å². The second kappa shape index (κ2) is 6.35. The highest BCUT2D eigenvalue weighted by Gasteiger charge is 2.60. The Kier molecular flexibility index (Phi) is 4.06. The van der Waals surface area contributed by atoms with Crippen LogP contribution < -0.4 is 4.90 Å². The van der Waals surface area contributed by atoms with Crippen molar-refractivity contribution in [3.05, 3.63) is 29.3 Å². The summed E-state index contributed by atoms with van der Waals surface area (Å²) in [6.45, 7) is 2.35. The number of para-hydroxylation sites is 1. The number of aryl methyl sites for hydroxylation is 1. The Balaban J connectivity index is 1.61. The lowest BCUT2D eigenvalue weighted by Gasteiger charge is -2.47. The molecule has 1 unspecified atom stereocenters. The fourth-order valence-corrected chi connectivity index (χ4v) is 6.40. The molecule has 3 fully saturated rings. The maximum Gasteiger partial charge on any atom is 0.247 e. The summed E-state index contributed by atoms with van der Waals surface area (Å²) in [6, 6.07) is 6.34. The Morgan fingerprint density at radius 1 is 0.963 bits per heavy atom. The molecule has 27 heavy (non-hydrogen) atoms. The van der Waals surface area contributed by atoms with E-state index in [0.717, 1.165) is 49.8 Å². The molecule has 0 aromatic heterocycles. The Hall–Kier alpha value is -1.84. The predicted molar refractivity (Wildman–Crippen MR) is 106 cm³/mol. The van der Waals surface area contributed by atoms with E-state index in [-0.39, 0.29) is 35.9 Å². The van der Waals surface area contributed by atoms with E-state index in [1.165, 1.54) is 31.2 Å². The molecule has 1 spiro atoms. The summed E-state index contributed by atoms with van der Waals surface area (Å²) in [5, 5.41) is 0. The van der Waals surface area contributed by atoms with Gasteiger partial charge in [0.05, 0.1) is 5.69 Å². The van der Waals surface area contributed by atoms with Crippen molar-refractivity contribution in [1.29, 1.82) is 0 Å². The fourth-order valence-electron chi connectivity index (χ4n) is 6.40. The lowest BCUT2D eigenvalue weighted by Crippen LogP contribution is -2.66. The van der Waals surface area contributed by atoms with Crippen LogP contribution in [0, 0.1) is 6.92 Å². The molecule has 1 aromatic rings. The summed E-state index contributed by atoms with van der Waals surface area (Å²) in [4.78, 5) is 31.1. The van der Waals surface area contributed by atoms with Gasteiger partial charge in [0.2, 0.25) is 11.8 Å². The summed E-state index contributed by atoms with van der Waals surface area (Å²) >= 11 is 0. The van der Waals surface area contributed by atoms with Crippen LogP contribution in [0.2, 0.25) is 0 Å². The molecule has 1 aromatic carbocycles. The third-order valence-electron chi connectivity index (χ3n) is 7.65. The van der Waals surface area contributed by atoms with Crippen molar-refractivity contribution in [3.63, 3.8) is 0 Å². The zero-order valence-corrected chi connectivity index (χ0v) is 16.4. The van der Waals surface area contributed by atoms with Crippen molar-refractivity contribution in [3.8, 4) is 0 Å². The molecule has 2 aliphatic heterocycles. The number of carbonyl (C=O) groups excluding carboxylic acids is 2. The monoisotopic (exact) mass is 366 g/mol. The Morgan fingerprint density at radius 3 is 2.41 bits per heavy atom. The lowest BCUT2D eigenvalue weighted by atomic mass is 9.65. The first-order valence-electron chi connectivity index (χ1n) is 10.9. The van der Waals surface area contributed by atoms with Crippen LogP contribution >= 0.6 is 0 Å². The zero-order valence-electron chi connectivity index (χ0n) is 16.4. The number of amides is 2. The van der Waals surface area contributed by atoms with Gasteiger partial charge in [-0.3, -0.25) is 14.5 Å². The highest BCUT2D eigenvalue weighted by Crippen LogP contribution is 2.55. The smallest absolute Gasteiger partial charge is 0.247 e. The van der Waals surface area contributed by atoms with Crippen LogP contribution in [0.3, 0.4) is 0 Å². The van der Waals surface area contributed by atoms with Crippen LogP contribution in [0.4, 0.5) is 5.69 Å². The van der Waals surface area contributed by atoms with Gasteiger partial charge in [0.1, 0.15) is 12.6 Å². The van der Waals surface area contributed by atoms with Gasteiger partial charge in [0.15, 0.2) is 0 Å². The van der Waals surface area contributed by atoms with Crippen molar-refractivity contribution in [2.45, 2.75) is 88.6 Å². The van der Waals surface area contributed by atoms with E-state index in [4.69, 9.17) is 0 Å². The van der Waals surface area contributed by atoms with Gasteiger partial charge in [0.25, 0.3) is 0 Å². The van der Waals surface area contributed by atoms with Crippen LogP contribution in [0.1, 0.15) is 75.3 Å². The molecule has 4 nitrogen and oxygen atoms in total. The van der Waals surface area contributed by atoms with E-state index in [0.29, 0.717) is 0 Å². The third kappa shape index (κ3) is 2.41. The fraction of sp³-hybridized carbons (Fsp3) is 0.652. The second-order valence-corrected chi connectivity index (χ2v) is 9.11. The average Bonchev–Trinajstić information content (AvgIpc) is 2.98. The van der Waals surface area contributed by atoms with E-state index in [2.05, 4.69) is 25.1 Å². The summed E-state index contributed by atoms with van der Waals surface area (Å²) in [5.74, 6) is 0.349. The minimum Gasteiger partial charge on any atom is -0.329 e. The Morgan fingerprint density at radius 2 is 1.67 bits per heavy atom. The number of rotatable bonds is 1. The van der Waals surface area contributed by atoms with Gasteiger partial charge in [0, 0.05) is 11.5 Å². The summed E-state index contributed by atoms with van der Waals surface area (Å²) in [6.07, 6.45) is 11.4. The van der Waals surface area contributed by atoms with Gasteiger partial charge in [-0.25, -0.2) is 0 Å². The number of piperazine rings is 1. The molecule has 0 bridgehead atoms. The van der Waals surface area contributed by atoms with E-state index >= 15 is 0 Å². The van der Waals surface area contributed by atoms with Crippen molar-refractivity contribution in [1.82, 2.24) is 4.90 Å². The van der Waals surface area contributed by atoms with Crippen LogP contribution in [0.25, 0.3) is 0 Å². The first kappa shape index (κ1) is 17.3. The minimum absolute atomic E-state index is 0.128. The number of fused-ring (bicyclic) bond motifs is 5. The molecule has 2 amide bonds. The van der Waals surface area contributed by atoms with Crippen LogP contribution in [0.15, 0.2) is 18.2 Å². The van der Waals surface area contributed by atoms with Crippen LogP contribution in [-0.2, 0) is 15.0 Å². The second-order valence-electron chi connectivity index (χ2n) is 9.11. The van der Waals surface area contributed by atoms with Gasteiger partial charge < -0.3 is 4.90 Å². The number of benzene rings is 1. The van der Waals surface area contributed by atoms with Crippen LogP contribution in [-0.4, -0.2) is 35.3 Å². The molecule has 5 rings (SSSR count). The van der Waals surface area contributed by atoms with Crippen molar-refractivity contribution in [2.75, 3.05) is 11.4 Å². The first-order valence-corrected chi connectivity index (χ1v) is 10.9. The Labute approximate surface area is 161 Å². The van der Waals surface area contributed by atoms with E-state index < -0.39 is 0 Å². The molecule has 2 aliphatic carbocycles. The average molecular weight is 367 g/mol. The van der Waals surface area contributed by atoms with Gasteiger partial charge in [-0.05, 0) is 43.7 Å². The third-order valence-corrected chi connectivity index (χ3v) is 7.65. The topological polar surface area (TPSA) is 40.6 Å². The molecule has 144 valence electrons. The van der Waals surface area contributed by atoms with Gasteiger partial charge in [-0.1, -0.05) is 56.7 Å². The normalized spacial score (nSPS) is 27.8. The van der Waals surface area contributed by atoms with Crippen LogP contribution in [0.5, 0.6) is 0 Å². The molecule has 2 saturated carbocycles. The molecular formula is C23H30N2O2. The molecule has 0 radical (unpaired) electrons. The molecule has 4 heteroatoms. The summed E-state index contributed by atoms with van der Waals surface area (Å²) in [7, 11) is 0. The standard InChI is InChI=1S/C23H30N2O2/c1-16-9-8-12-18-20(16)25-19(26)15-24(17-10-4-2-5-11-17)22(27)21(25)23(18)13-6-3-7-14-23/h8-9,12,17,21H,2-7,10-11,13-15H2,1H3. The van der Waals surface area contributed by atoms with Crippen molar-refractivity contribution < 1.29 is 9.59 Å². The molecule has 1 saturated heterocycles. The SMILES string of the molecule is Cc1cccc2c1N1C(=O)CN(C3CCCCC3)C(=O)C1C21CCCCC1. The maximum atomic E-state index is 13.8. The van der Waals surface area contributed by atoms with Gasteiger partial charge in [-0.15, -0.1) is 0 Å². The quantitative estimate of drug-likeness (QED) is 0.751. The maximum absolute atomic E-state index is 13.8. The Bertz CT molecular complexity index is 775. The molecule has 4 aliphatic rings. The number of carbonyl (C=O) groups is 2. The molecule has 2 heterocycles. The largest absolute Gasteiger partial charge is 0.329 e. The number of hydrogen-bond donors (Lipinski definition) is 0. The van der Waals surface area contributed by atoms with E-state index in [9.17, 15) is 9.59 Å².